The molecule has 0 bridgehead atoms. The van der Waals surface area contributed by atoms with E-state index in [2.05, 4.69) is 25.2 Å². The fourth-order valence-electron chi connectivity index (χ4n) is 3.56. The lowest BCUT2D eigenvalue weighted by Gasteiger charge is -2.36. The lowest BCUT2D eigenvalue weighted by Crippen LogP contribution is -2.47. The van der Waals surface area contributed by atoms with Gasteiger partial charge in [-0.25, -0.2) is 15.0 Å². The van der Waals surface area contributed by atoms with Crippen molar-refractivity contribution in [2.75, 3.05) is 48.4 Å². The molecule has 3 aromatic rings. The van der Waals surface area contributed by atoms with E-state index in [0.29, 0.717) is 24.7 Å². The number of rotatable bonds is 6. The normalized spacial score (nSPS) is 13.7. The van der Waals surface area contributed by atoms with Gasteiger partial charge in [0.25, 0.3) is 0 Å². The van der Waals surface area contributed by atoms with Gasteiger partial charge in [0, 0.05) is 37.6 Å². The summed E-state index contributed by atoms with van der Waals surface area (Å²) in [5.74, 6) is 1.74. The highest BCUT2D eigenvalue weighted by atomic mass is 16.6. The first-order chi connectivity index (χ1) is 15.0. The summed E-state index contributed by atoms with van der Waals surface area (Å²) >= 11 is 0. The summed E-state index contributed by atoms with van der Waals surface area (Å²) < 4.78 is 5.21. The molecule has 0 saturated carbocycles. The number of piperazine rings is 1. The van der Waals surface area contributed by atoms with Gasteiger partial charge in [0.2, 0.25) is 11.6 Å². The molecule has 0 atom stereocenters. The van der Waals surface area contributed by atoms with E-state index < -0.39 is 4.92 Å². The molecule has 2 aromatic heterocycles. The predicted octanol–water partition coefficient (Wildman–Crippen LogP) is 3.17. The number of ether oxygens (including phenoxy) is 1. The van der Waals surface area contributed by atoms with Crippen molar-refractivity contribution in [3.63, 3.8) is 0 Å². The highest BCUT2D eigenvalue weighted by Crippen LogP contribution is 2.34. The summed E-state index contributed by atoms with van der Waals surface area (Å²) in [6.45, 7) is 4.50. The Morgan fingerprint density at radius 1 is 1.03 bits per heavy atom. The van der Waals surface area contributed by atoms with Crippen molar-refractivity contribution in [1.82, 2.24) is 15.0 Å². The first-order valence-corrected chi connectivity index (χ1v) is 9.89. The van der Waals surface area contributed by atoms with E-state index in [1.165, 1.54) is 6.33 Å². The standard InChI is InChI=1S/C21H23N7O3/c1-15-4-3-5-18(24-15)25-20-19(28(29)30)21(23-14-22-20)27-12-10-26(11-13-27)16-6-8-17(31-2)9-7-16/h3-9,14H,10-13H2,1-2H3,(H,22,23,24,25). The summed E-state index contributed by atoms with van der Waals surface area (Å²) in [5, 5.41) is 14.9. The second kappa shape index (κ2) is 8.82. The lowest BCUT2D eigenvalue weighted by molar-refractivity contribution is -0.383. The van der Waals surface area contributed by atoms with Gasteiger partial charge in [-0.2, -0.15) is 0 Å². The topological polar surface area (TPSA) is 110 Å². The van der Waals surface area contributed by atoms with Gasteiger partial charge in [-0.3, -0.25) is 10.1 Å². The van der Waals surface area contributed by atoms with Gasteiger partial charge < -0.3 is 19.9 Å². The highest BCUT2D eigenvalue weighted by Gasteiger charge is 2.29. The third-order valence-corrected chi connectivity index (χ3v) is 5.14. The Bertz CT molecular complexity index is 1070. The Hall–Kier alpha value is -3.95. The number of nitrogens with zero attached hydrogens (tertiary/aromatic N) is 6. The first-order valence-electron chi connectivity index (χ1n) is 9.89. The molecule has 0 aliphatic carbocycles. The molecule has 1 fully saturated rings. The van der Waals surface area contributed by atoms with E-state index in [1.54, 1.807) is 13.2 Å². The number of aryl methyl sites for hydroxylation is 1. The minimum atomic E-state index is -0.441. The molecule has 1 aliphatic heterocycles. The maximum Gasteiger partial charge on any atom is 0.353 e. The molecule has 0 spiro atoms. The second-order valence-corrected chi connectivity index (χ2v) is 7.11. The molecular formula is C21H23N7O3. The van der Waals surface area contributed by atoms with Gasteiger partial charge in [0.15, 0.2) is 0 Å². The number of anilines is 4. The Balaban J connectivity index is 1.53. The number of pyridine rings is 1. The average molecular weight is 421 g/mol. The number of nitro groups is 1. The maximum absolute atomic E-state index is 11.9. The molecule has 31 heavy (non-hydrogen) atoms. The van der Waals surface area contributed by atoms with Crippen LogP contribution in [-0.4, -0.2) is 53.2 Å². The van der Waals surface area contributed by atoms with E-state index in [0.717, 1.165) is 30.2 Å². The van der Waals surface area contributed by atoms with Crippen LogP contribution < -0.4 is 19.9 Å². The van der Waals surface area contributed by atoms with Crippen LogP contribution in [0.2, 0.25) is 0 Å². The Morgan fingerprint density at radius 3 is 2.39 bits per heavy atom. The third kappa shape index (κ3) is 4.47. The van der Waals surface area contributed by atoms with E-state index in [4.69, 9.17) is 4.74 Å². The van der Waals surface area contributed by atoms with Gasteiger partial charge in [-0.05, 0) is 43.3 Å². The summed E-state index contributed by atoms with van der Waals surface area (Å²) in [6, 6.07) is 13.3. The van der Waals surface area contributed by atoms with Crippen molar-refractivity contribution < 1.29 is 9.66 Å². The van der Waals surface area contributed by atoms with Crippen molar-refractivity contribution in [3.05, 3.63) is 64.6 Å². The molecule has 0 amide bonds. The molecule has 1 aliphatic rings. The fraction of sp³-hybridized carbons (Fsp3) is 0.286. The van der Waals surface area contributed by atoms with Crippen LogP contribution in [0.5, 0.6) is 5.75 Å². The lowest BCUT2D eigenvalue weighted by atomic mass is 10.2. The number of benzene rings is 1. The van der Waals surface area contributed by atoms with Crippen LogP contribution in [0.15, 0.2) is 48.8 Å². The number of nitrogens with one attached hydrogen (secondary N) is 1. The maximum atomic E-state index is 11.9. The van der Waals surface area contributed by atoms with Crippen molar-refractivity contribution in [2.45, 2.75) is 6.92 Å². The van der Waals surface area contributed by atoms with Crippen LogP contribution in [0, 0.1) is 17.0 Å². The molecule has 1 saturated heterocycles. The monoisotopic (exact) mass is 421 g/mol. The molecule has 0 unspecified atom stereocenters. The summed E-state index contributed by atoms with van der Waals surface area (Å²) in [5.41, 5.74) is 1.74. The van der Waals surface area contributed by atoms with Crippen molar-refractivity contribution in [2.24, 2.45) is 0 Å². The average Bonchev–Trinajstić information content (AvgIpc) is 2.79. The third-order valence-electron chi connectivity index (χ3n) is 5.14. The molecule has 1 aromatic carbocycles. The Kier molecular flexibility index (Phi) is 5.78. The van der Waals surface area contributed by atoms with Crippen LogP contribution in [0.4, 0.5) is 28.8 Å². The minimum Gasteiger partial charge on any atom is -0.497 e. The second-order valence-electron chi connectivity index (χ2n) is 7.11. The fourth-order valence-corrected chi connectivity index (χ4v) is 3.56. The molecule has 4 rings (SSSR count). The zero-order valence-corrected chi connectivity index (χ0v) is 17.4. The molecule has 160 valence electrons. The van der Waals surface area contributed by atoms with Crippen molar-refractivity contribution >= 4 is 28.8 Å². The molecule has 1 N–H and O–H groups in total. The Labute approximate surface area is 179 Å². The molecule has 10 nitrogen and oxygen atoms in total. The zero-order valence-electron chi connectivity index (χ0n) is 17.4. The molecule has 0 radical (unpaired) electrons. The molecular weight excluding hydrogens is 398 g/mol. The quantitative estimate of drug-likeness (QED) is 0.474. The van der Waals surface area contributed by atoms with E-state index >= 15 is 0 Å². The van der Waals surface area contributed by atoms with E-state index in [9.17, 15) is 10.1 Å². The van der Waals surface area contributed by atoms with Crippen molar-refractivity contribution in [1.29, 1.82) is 0 Å². The number of hydrogen-bond donors (Lipinski definition) is 1. The first kappa shape index (κ1) is 20.3. The molecule has 3 heterocycles. The zero-order chi connectivity index (χ0) is 21.8. The minimum absolute atomic E-state index is 0.130. The smallest absolute Gasteiger partial charge is 0.353 e. The van der Waals surface area contributed by atoms with Gasteiger partial charge in [0.05, 0.1) is 12.0 Å². The predicted molar refractivity (Wildman–Crippen MR) is 118 cm³/mol. The summed E-state index contributed by atoms with van der Waals surface area (Å²) in [6.07, 6.45) is 1.34. The number of hydrogen-bond acceptors (Lipinski definition) is 9. The highest BCUT2D eigenvalue weighted by molar-refractivity contribution is 5.73. The van der Waals surface area contributed by atoms with Gasteiger partial charge in [-0.1, -0.05) is 6.07 Å². The van der Waals surface area contributed by atoms with Crippen molar-refractivity contribution in [3.8, 4) is 5.75 Å². The summed E-state index contributed by atoms with van der Waals surface area (Å²) in [4.78, 5) is 28.3. The van der Waals surface area contributed by atoms with E-state index in [1.807, 2.05) is 48.2 Å². The largest absolute Gasteiger partial charge is 0.497 e. The van der Waals surface area contributed by atoms with Crippen LogP contribution in [-0.2, 0) is 0 Å². The molecule has 10 heteroatoms. The van der Waals surface area contributed by atoms with Crippen LogP contribution in [0.1, 0.15) is 5.69 Å². The number of methoxy groups -OCH3 is 1. The van der Waals surface area contributed by atoms with Crippen LogP contribution in [0.25, 0.3) is 0 Å². The van der Waals surface area contributed by atoms with Crippen LogP contribution in [0.3, 0.4) is 0 Å². The SMILES string of the molecule is COc1ccc(N2CCN(c3ncnc(Nc4cccc(C)n4)c3[N+](=O)[O-])CC2)cc1. The number of aromatic nitrogens is 3. The van der Waals surface area contributed by atoms with Gasteiger partial charge in [0.1, 0.15) is 17.9 Å². The van der Waals surface area contributed by atoms with Gasteiger partial charge in [-0.15, -0.1) is 0 Å². The van der Waals surface area contributed by atoms with E-state index in [-0.39, 0.29) is 11.5 Å². The summed E-state index contributed by atoms with van der Waals surface area (Å²) in [7, 11) is 1.64. The van der Waals surface area contributed by atoms with Gasteiger partial charge >= 0.3 is 5.69 Å². The van der Waals surface area contributed by atoms with Crippen LogP contribution >= 0.6 is 0 Å². The Morgan fingerprint density at radius 2 is 1.74 bits per heavy atom.